The van der Waals surface area contributed by atoms with Gasteiger partial charge in [0.15, 0.2) is 11.6 Å². The molecule has 1 N–H and O–H groups in total. The van der Waals surface area contributed by atoms with Crippen LogP contribution in [0, 0.1) is 11.6 Å². The lowest BCUT2D eigenvalue weighted by atomic mass is 9.96. The maximum atomic E-state index is 14.6. The molecule has 7 heteroatoms. The highest BCUT2D eigenvalue weighted by Gasteiger charge is 2.44. The van der Waals surface area contributed by atoms with Crippen molar-refractivity contribution < 1.29 is 28.2 Å². The summed E-state index contributed by atoms with van der Waals surface area (Å²) in [4.78, 5) is 27.0. The lowest BCUT2D eigenvalue weighted by Crippen LogP contribution is -2.42. The minimum absolute atomic E-state index is 0.0433. The van der Waals surface area contributed by atoms with Crippen molar-refractivity contribution in [3.8, 4) is 16.9 Å². The van der Waals surface area contributed by atoms with Gasteiger partial charge in [-0.25, -0.2) is 13.6 Å². The first-order chi connectivity index (χ1) is 15.4. The number of methoxy groups -OCH3 is 1. The minimum Gasteiger partial charge on any atom is -0.496 e. The van der Waals surface area contributed by atoms with Crippen LogP contribution >= 0.6 is 0 Å². The number of nitrogens with zero attached hydrogens (tertiary/aromatic N) is 1. The van der Waals surface area contributed by atoms with Gasteiger partial charge < -0.3 is 14.7 Å². The summed E-state index contributed by atoms with van der Waals surface area (Å²) in [5.41, 5.74) is 1.44. The highest BCUT2D eigenvalue weighted by Crippen LogP contribution is 2.41. The first-order valence-electron chi connectivity index (χ1n) is 10.2. The van der Waals surface area contributed by atoms with Gasteiger partial charge in [-0.2, -0.15) is 0 Å². The Morgan fingerprint density at radius 3 is 2.38 bits per heavy atom. The molecule has 1 aliphatic rings. The van der Waals surface area contributed by atoms with Gasteiger partial charge >= 0.3 is 5.97 Å². The van der Waals surface area contributed by atoms with E-state index in [0.717, 1.165) is 16.5 Å². The molecule has 3 aromatic rings. The molecule has 0 aliphatic carbocycles. The van der Waals surface area contributed by atoms with Crippen molar-refractivity contribution in [2.24, 2.45) is 0 Å². The molecule has 0 bridgehead atoms. The van der Waals surface area contributed by atoms with E-state index in [2.05, 4.69) is 0 Å². The van der Waals surface area contributed by atoms with E-state index in [4.69, 9.17) is 4.74 Å². The third-order valence-corrected chi connectivity index (χ3v) is 5.79. The van der Waals surface area contributed by atoms with Crippen LogP contribution in [-0.4, -0.2) is 35.0 Å². The highest BCUT2D eigenvalue weighted by molar-refractivity contribution is 6.05. The van der Waals surface area contributed by atoms with Crippen LogP contribution in [0.4, 0.5) is 8.78 Å². The van der Waals surface area contributed by atoms with E-state index < -0.39 is 35.6 Å². The zero-order valence-corrected chi connectivity index (χ0v) is 17.3. The lowest BCUT2D eigenvalue weighted by molar-refractivity contribution is -0.141. The number of likely N-dealkylation sites (tertiary alicyclic amines) is 1. The molecule has 1 heterocycles. The van der Waals surface area contributed by atoms with Crippen molar-refractivity contribution in [2.45, 2.75) is 24.9 Å². The average molecular weight is 437 g/mol. The molecular formula is C25H21F2NO4. The Hall–Kier alpha value is -3.74. The van der Waals surface area contributed by atoms with Crippen molar-refractivity contribution in [1.29, 1.82) is 0 Å². The molecule has 5 nitrogen and oxygen atoms in total. The van der Waals surface area contributed by atoms with Gasteiger partial charge in [0.05, 0.1) is 18.7 Å². The number of rotatable bonds is 5. The molecule has 1 fully saturated rings. The molecule has 0 radical (unpaired) electrons. The van der Waals surface area contributed by atoms with E-state index in [-0.39, 0.29) is 29.7 Å². The van der Waals surface area contributed by atoms with E-state index >= 15 is 0 Å². The molecule has 0 saturated carbocycles. The predicted octanol–water partition coefficient (Wildman–Crippen LogP) is 5.07. The maximum Gasteiger partial charge on any atom is 0.326 e. The normalized spacial score (nSPS) is 17.9. The average Bonchev–Trinajstić information content (AvgIpc) is 3.25. The number of carboxylic acid groups (broad SMARTS) is 1. The number of hydrogen-bond donors (Lipinski definition) is 1. The van der Waals surface area contributed by atoms with Crippen LogP contribution in [0.25, 0.3) is 11.1 Å². The number of amides is 1. The Kier molecular flexibility index (Phi) is 5.90. The number of ether oxygens (including phenoxy) is 1. The minimum atomic E-state index is -1.20. The Bertz CT molecular complexity index is 1170. The quantitative estimate of drug-likeness (QED) is 0.605. The molecule has 3 aromatic carbocycles. The number of carbonyl (C=O) groups excluding carboxylic acids is 1. The summed E-state index contributed by atoms with van der Waals surface area (Å²) < 4.78 is 34.0. The molecule has 0 aromatic heterocycles. The van der Waals surface area contributed by atoms with Gasteiger partial charge in [-0.05, 0) is 36.1 Å². The van der Waals surface area contributed by atoms with E-state index in [1.807, 2.05) is 30.3 Å². The number of carbonyl (C=O) groups is 2. The Morgan fingerprint density at radius 2 is 1.69 bits per heavy atom. The second-order valence-corrected chi connectivity index (χ2v) is 7.55. The van der Waals surface area contributed by atoms with Crippen LogP contribution in [0.3, 0.4) is 0 Å². The van der Waals surface area contributed by atoms with Gasteiger partial charge in [0.2, 0.25) is 0 Å². The lowest BCUT2D eigenvalue weighted by Gasteiger charge is -2.30. The molecule has 0 spiro atoms. The third kappa shape index (κ3) is 3.70. The molecule has 1 amide bonds. The second-order valence-electron chi connectivity index (χ2n) is 7.55. The summed E-state index contributed by atoms with van der Waals surface area (Å²) in [5, 5.41) is 9.79. The smallest absolute Gasteiger partial charge is 0.326 e. The van der Waals surface area contributed by atoms with Crippen LogP contribution < -0.4 is 4.74 Å². The van der Waals surface area contributed by atoms with Crippen molar-refractivity contribution in [2.75, 3.05) is 7.11 Å². The van der Waals surface area contributed by atoms with Gasteiger partial charge in [0, 0.05) is 5.56 Å². The van der Waals surface area contributed by atoms with Gasteiger partial charge in [0.1, 0.15) is 11.8 Å². The molecular weight excluding hydrogens is 416 g/mol. The fourth-order valence-corrected chi connectivity index (χ4v) is 4.33. The van der Waals surface area contributed by atoms with E-state index in [9.17, 15) is 23.5 Å². The van der Waals surface area contributed by atoms with Crippen LogP contribution in [0.15, 0.2) is 66.7 Å². The molecule has 4 rings (SSSR count). The van der Waals surface area contributed by atoms with Gasteiger partial charge in [0.25, 0.3) is 5.91 Å². The fraction of sp³-hybridized carbons (Fsp3) is 0.200. The molecule has 32 heavy (non-hydrogen) atoms. The van der Waals surface area contributed by atoms with E-state index in [1.165, 1.54) is 19.2 Å². The van der Waals surface area contributed by atoms with E-state index in [1.54, 1.807) is 18.2 Å². The maximum absolute atomic E-state index is 14.6. The summed E-state index contributed by atoms with van der Waals surface area (Å²) in [6.45, 7) is 0. The molecule has 1 aliphatic heterocycles. The van der Waals surface area contributed by atoms with Crippen LogP contribution in [0.5, 0.6) is 5.75 Å². The number of carboxylic acids is 1. The van der Waals surface area contributed by atoms with Gasteiger partial charge in [-0.3, -0.25) is 4.79 Å². The van der Waals surface area contributed by atoms with Gasteiger partial charge in [-0.1, -0.05) is 54.6 Å². The van der Waals surface area contributed by atoms with Crippen LogP contribution in [-0.2, 0) is 4.79 Å². The molecule has 1 saturated heterocycles. The van der Waals surface area contributed by atoms with Gasteiger partial charge in [-0.15, -0.1) is 0 Å². The predicted molar refractivity (Wildman–Crippen MR) is 114 cm³/mol. The summed E-state index contributed by atoms with van der Waals surface area (Å²) in [5.74, 6) is -3.67. The second kappa shape index (κ2) is 8.78. The summed E-state index contributed by atoms with van der Waals surface area (Å²) in [6.07, 6.45) is 0.316. The number of aliphatic carboxylic acids is 1. The monoisotopic (exact) mass is 437 g/mol. The first kappa shape index (κ1) is 21.5. The van der Waals surface area contributed by atoms with Crippen molar-refractivity contribution in [3.63, 3.8) is 0 Å². The SMILES string of the molecule is COc1cccc(-c2ccccc2)c1C(=O)N1C(C(=O)O)CCC1c1cccc(F)c1F. The third-order valence-electron chi connectivity index (χ3n) is 5.79. The summed E-state index contributed by atoms with van der Waals surface area (Å²) >= 11 is 0. The fourth-order valence-electron chi connectivity index (χ4n) is 4.33. The Balaban J connectivity index is 1.88. The topological polar surface area (TPSA) is 66.8 Å². The largest absolute Gasteiger partial charge is 0.496 e. The number of halogens is 2. The summed E-state index contributed by atoms with van der Waals surface area (Å²) in [6, 6.07) is 15.9. The summed E-state index contributed by atoms with van der Waals surface area (Å²) in [7, 11) is 1.42. The molecule has 164 valence electrons. The number of benzene rings is 3. The zero-order valence-electron chi connectivity index (χ0n) is 17.3. The zero-order chi connectivity index (χ0) is 22.8. The van der Waals surface area contributed by atoms with Crippen molar-refractivity contribution in [1.82, 2.24) is 4.90 Å². The Labute approximate surface area is 183 Å². The van der Waals surface area contributed by atoms with Crippen LogP contribution in [0.1, 0.15) is 34.8 Å². The van der Waals surface area contributed by atoms with Crippen LogP contribution in [0.2, 0.25) is 0 Å². The Morgan fingerprint density at radius 1 is 0.969 bits per heavy atom. The highest BCUT2D eigenvalue weighted by atomic mass is 19.2. The number of hydrogen-bond acceptors (Lipinski definition) is 3. The van der Waals surface area contributed by atoms with E-state index in [0.29, 0.717) is 5.56 Å². The standard InChI is InChI=1S/C25H21F2NO4/c1-32-21-12-6-9-16(15-7-3-2-4-8-15)22(21)24(29)28-19(13-14-20(28)25(30)31)17-10-5-11-18(26)23(17)27/h2-12,19-20H,13-14H2,1H3,(H,30,31). The molecule has 2 unspecified atom stereocenters. The first-order valence-corrected chi connectivity index (χ1v) is 10.2. The van der Waals surface area contributed by atoms with Crippen molar-refractivity contribution in [3.05, 3.63) is 89.5 Å². The molecule has 2 atom stereocenters. The van der Waals surface area contributed by atoms with Crippen molar-refractivity contribution >= 4 is 11.9 Å².